The first kappa shape index (κ1) is 26.3. The van der Waals surface area contributed by atoms with E-state index >= 15 is 0 Å². The minimum absolute atomic E-state index is 0.0789. The Balaban J connectivity index is 1.27. The molecule has 3 aliphatic heterocycles. The molecule has 4 heterocycles. The first-order valence-electron chi connectivity index (χ1n) is 14.4. The van der Waals surface area contributed by atoms with Crippen LogP contribution in [0, 0.1) is 0 Å². The molecule has 3 fully saturated rings. The van der Waals surface area contributed by atoms with E-state index in [-0.39, 0.29) is 30.5 Å². The van der Waals surface area contributed by atoms with Gasteiger partial charge in [-0.3, -0.25) is 14.5 Å². The van der Waals surface area contributed by atoms with Crippen LogP contribution in [-0.2, 0) is 16.1 Å². The van der Waals surface area contributed by atoms with Gasteiger partial charge in [-0.2, -0.15) is 0 Å². The van der Waals surface area contributed by atoms with Gasteiger partial charge in [0, 0.05) is 37.9 Å². The lowest BCUT2D eigenvalue weighted by Gasteiger charge is -2.34. The molecule has 0 radical (unpaired) electrons. The van der Waals surface area contributed by atoms with Crippen molar-refractivity contribution in [3.63, 3.8) is 0 Å². The molecule has 4 N–H and O–H groups in total. The number of amides is 2. The monoisotopic (exact) mass is 537 g/mol. The second-order valence-electron chi connectivity index (χ2n) is 11.4. The summed E-state index contributed by atoms with van der Waals surface area (Å²) in [7, 11) is 0. The Morgan fingerprint density at radius 3 is 2.79 bits per heavy atom. The fourth-order valence-electron chi connectivity index (χ4n) is 6.62. The van der Waals surface area contributed by atoms with Crippen LogP contribution in [0.25, 0.3) is 0 Å². The van der Waals surface area contributed by atoms with Gasteiger partial charge >= 0.3 is 0 Å². The Bertz CT molecular complexity index is 1150. The first-order chi connectivity index (χ1) is 19.0. The van der Waals surface area contributed by atoms with E-state index in [2.05, 4.69) is 32.7 Å². The highest BCUT2D eigenvalue weighted by molar-refractivity contribution is 5.97. The molecule has 1 aliphatic carbocycles. The molecule has 2 amide bonds. The van der Waals surface area contributed by atoms with Gasteiger partial charge in [0.2, 0.25) is 5.91 Å². The molecule has 5 atom stereocenters. The first-order valence-corrected chi connectivity index (χ1v) is 14.4. The molecular formula is C29H39N5O5. The van der Waals surface area contributed by atoms with E-state index in [1.807, 2.05) is 11.0 Å². The number of nitrogens with zero attached hydrogens (tertiary/aromatic N) is 2. The third-order valence-corrected chi connectivity index (χ3v) is 8.78. The number of hydrogen-bond donors (Lipinski definition) is 4. The van der Waals surface area contributed by atoms with E-state index in [9.17, 15) is 14.7 Å². The van der Waals surface area contributed by atoms with E-state index in [4.69, 9.17) is 9.47 Å². The fourth-order valence-corrected chi connectivity index (χ4v) is 6.62. The number of fused-ring (bicyclic) bond motifs is 5. The second-order valence-corrected chi connectivity index (χ2v) is 11.4. The summed E-state index contributed by atoms with van der Waals surface area (Å²) in [5.74, 6) is 1.56. The molecule has 0 spiro atoms. The maximum atomic E-state index is 13.6. The molecule has 1 aromatic heterocycles. The minimum atomic E-state index is -0.620. The number of H-pyrrole nitrogens is 1. The number of ether oxygens (including phenoxy) is 2. The number of carbonyl (C=O) groups excluding carboxylic acids is 2. The molecule has 39 heavy (non-hydrogen) atoms. The summed E-state index contributed by atoms with van der Waals surface area (Å²) in [5.41, 5.74) is 1.75. The number of aliphatic hydroxyl groups excluding tert-OH is 1. The molecule has 1 aromatic carbocycles. The van der Waals surface area contributed by atoms with Gasteiger partial charge in [0.25, 0.3) is 5.91 Å². The van der Waals surface area contributed by atoms with Crippen LogP contribution in [0.15, 0.2) is 30.6 Å². The summed E-state index contributed by atoms with van der Waals surface area (Å²) in [6, 6.07) is 5.37. The SMILES string of the molecule is O=C1N[C@H]2C[C@@H](C(=O)NC[C@H]3O[C@H](CCOc4cc(C5CCCC5)ccc41)CC[C@@H]3O)N(Cc1ncc[nH]1)C2. The van der Waals surface area contributed by atoms with Crippen molar-refractivity contribution in [3.8, 4) is 5.75 Å². The Morgan fingerprint density at radius 2 is 1.97 bits per heavy atom. The van der Waals surface area contributed by atoms with Crippen LogP contribution in [0.1, 0.15) is 79.0 Å². The standard InChI is InChI=1S/C29H39N5O5/c35-24-8-6-21-9-12-38-25-13-19(18-3-1-2-4-18)5-7-22(25)28(36)33-20-14-23(29(37)32-15-26(24)39-21)34(16-20)17-27-30-10-11-31-27/h5,7,10-11,13,18,20-21,23-24,26,35H,1-4,6,8-9,12,14-17H2,(H,30,31)(H,32,37)(H,33,36)/t20-,21-,23-,24-,26+/m0/s1. The number of likely N-dealkylation sites (tertiary alicyclic amines) is 1. The highest BCUT2D eigenvalue weighted by Crippen LogP contribution is 2.36. The van der Waals surface area contributed by atoms with Gasteiger partial charge in [-0.1, -0.05) is 18.9 Å². The Kier molecular flexibility index (Phi) is 7.85. The molecule has 2 saturated heterocycles. The van der Waals surface area contributed by atoms with Crippen molar-refractivity contribution < 1.29 is 24.2 Å². The van der Waals surface area contributed by atoms with E-state index in [1.165, 1.54) is 31.2 Å². The quantitative estimate of drug-likeness (QED) is 0.473. The van der Waals surface area contributed by atoms with Gasteiger partial charge in [0.15, 0.2) is 0 Å². The van der Waals surface area contributed by atoms with Crippen LogP contribution in [0.4, 0.5) is 0 Å². The van der Waals surface area contributed by atoms with Crippen molar-refractivity contribution in [3.05, 3.63) is 47.5 Å². The van der Waals surface area contributed by atoms with Gasteiger partial charge < -0.3 is 30.2 Å². The van der Waals surface area contributed by atoms with Gasteiger partial charge in [0.1, 0.15) is 17.7 Å². The lowest BCUT2D eigenvalue weighted by molar-refractivity contribution is -0.133. The predicted octanol–water partition coefficient (Wildman–Crippen LogP) is 2.25. The molecule has 0 unspecified atom stereocenters. The van der Waals surface area contributed by atoms with Gasteiger partial charge in [-0.15, -0.1) is 0 Å². The van der Waals surface area contributed by atoms with Crippen molar-refractivity contribution in [1.82, 2.24) is 25.5 Å². The second kappa shape index (κ2) is 11.7. The third kappa shape index (κ3) is 5.97. The lowest BCUT2D eigenvalue weighted by atomic mass is 9.95. The molecule has 2 aromatic rings. The number of carbonyl (C=O) groups is 2. The highest BCUT2D eigenvalue weighted by Gasteiger charge is 2.39. The molecule has 210 valence electrons. The Morgan fingerprint density at radius 1 is 1.10 bits per heavy atom. The maximum absolute atomic E-state index is 13.6. The average Bonchev–Trinajstić information content (AvgIpc) is 3.71. The fraction of sp³-hybridized carbons (Fsp3) is 0.621. The maximum Gasteiger partial charge on any atom is 0.255 e. The van der Waals surface area contributed by atoms with Crippen molar-refractivity contribution in [2.75, 3.05) is 19.7 Å². The molecular weight excluding hydrogens is 498 g/mol. The Hall–Kier alpha value is -2.95. The van der Waals surface area contributed by atoms with Crippen molar-refractivity contribution >= 4 is 11.8 Å². The summed E-state index contributed by atoms with van der Waals surface area (Å²) in [4.78, 5) is 36.4. The molecule has 10 heteroatoms. The number of aromatic amines is 1. The summed E-state index contributed by atoms with van der Waals surface area (Å²) in [5, 5.41) is 16.7. The number of hydrogen-bond acceptors (Lipinski definition) is 7. The minimum Gasteiger partial charge on any atom is -0.493 e. The van der Waals surface area contributed by atoms with Gasteiger partial charge in [-0.05, 0) is 55.7 Å². The number of aromatic nitrogens is 2. The zero-order valence-electron chi connectivity index (χ0n) is 22.3. The van der Waals surface area contributed by atoms with E-state index in [0.717, 1.165) is 12.2 Å². The number of imidazole rings is 1. The average molecular weight is 538 g/mol. The van der Waals surface area contributed by atoms with Gasteiger partial charge in [0.05, 0.1) is 37.0 Å². The molecule has 4 aliphatic rings. The zero-order chi connectivity index (χ0) is 26.8. The number of rotatable bonds is 3. The summed E-state index contributed by atoms with van der Waals surface area (Å²) < 4.78 is 12.5. The third-order valence-electron chi connectivity index (χ3n) is 8.78. The van der Waals surface area contributed by atoms with Crippen LogP contribution in [0.5, 0.6) is 5.75 Å². The highest BCUT2D eigenvalue weighted by atomic mass is 16.5. The van der Waals surface area contributed by atoms with Crippen molar-refractivity contribution in [2.24, 2.45) is 0 Å². The predicted molar refractivity (Wildman–Crippen MR) is 143 cm³/mol. The van der Waals surface area contributed by atoms with Crippen LogP contribution >= 0.6 is 0 Å². The Labute approximate surface area is 228 Å². The van der Waals surface area contributed by atoms with Crippen LogP contribution in [0.2, 0.25) is 0 Å². The largest absolute Gasteiger partial charge is 0.493 e. The van der Waals surface area contributed by atoms with Crippen LogP contribution in [-0.4, -0.2) is 81.9 Å². The number of benzene rings is 1. The number of nitrogens with one attached hydrogen (secondary N) is 3. The summed E-state index contributed by atoms with van der Waals surface area (Å²) in [6.07, 6.45) is 9.57. The number of aliphatic hydroxyl groups is 1. The van der Waals surface area contributed by atoms with E-state index in [1.54, 1.807) is 12.4 Å². The molecule has 4 bridgehead atoms. The van der Waals surface area contributed by atoms with E-state index < -0.39 is 18.2 Å². The molecule has 1 saturated carbocycles. The summed E-state index contributed by atoms with van der Waals surface area (Å²) >= 11 is 0. The van der Waals surface area contributed by atoms with Gasteiger partial charge in [-0.25, -0.2) is 4.98 Å². The lowest BCUT2D eigenvalue weighted by Crippen LogP contribution is -2.50. The zero-order valence-corrected chi connectivity index (χ0v) is 22.3. The van der Waals surface area contributed by atoms with Crippen LogP contribution in [0.3, 0.4) is 0 Å². The molecule has 10 nitrogen and oxygen atoms in total. The normalized spacial score (nSPS) is 30.8. The molecule has 6 rings (SSSR count). The topological polar surface area (TPSA) is 129 Å². The van der Waals surface area contributed by atoms with Crippen molar-refractivity contribution in [2.45, 2.75) is 94.2 Å². The smallest absolute Gasteiger partial charge is 0.255 e. The van der Waals surface area contributed by atoms with E-state index in [0.29, 0.717) is 56.2 Å². The summed E-state index contributed by atoms with van der Waals surface area (Å²) in [6.45, 7) is 1.64. The van der Waals surface area contributed by atoms with Crippen LogP contribution < -0.4 is 15.4 Å². The van der Waals surface area contributed by atoms with Crippen molar-refractivity contribution in [1.29, 1.82) is 0 Å².